The second kappa shape index (κ2) is 11.7. The van der Waals surface area contributed by atoms with Crippen molar-refractivity contribution in [3.05, 3.63) is 22.9 Å². The number of unbranched alkanes of at least 4 members (excludes halogenated alkanes) is 8. The van der Waals surface area contributed by atoms with Crippen LogP contribution in [0.1, 0.15) is 71.1 Å². The molecule has 1 heterocycles. The van der Waals surface area contributed by atoms with Crippen molar-refractivity contribution in [3.63, 3.8) is 0 Å². The summed E-state index contributed by atoms with van der Waals surface area (Å²) in [6.07, 6.45) is 15.4. The lowest BCUT2D eigenvalue weighted by Crippen LogP contribution is -2.11. The minimum Gasteiger partial charge on any atom is -0.325 e. The fourth-order valence-corrected chi connectivity index (χ4v) is 2.63. The van der Waals surface area contributed by atoms with Gasteiger partial charge in [0.15, 0.2) is 0 Å². The van der Waals surface area contributed by atoms with Gasteiger partial charge in [-0.2, -0.15) is 0 Å². The van der Waals surface area contributed by atoms with Crippen molar-refractivity contribution >= 4 is 27.5 Å². The van der Waals surface area contributed by atoms with Crippen molar-refractivity contribution in [2.45, 2.75) is 71.1 Å². The average Bonchev–Trinajstić information content (AvgIpc) is 2.48. The van der Waals surface area contributed by atoms with Crippen molar-refractivity contribution in [2.24, 2.45) is 0 Å². The highest BCUT2D eigenvalue weighted by Crippen LogP contribution is 2.20. The van der Waals surface area contributed by atoms with Crippen LogP contribution < -0.4 is 5.32 Å². The number of hydrogen-bond donors (Lipinski definition) is 1. The number of anilines is 1. The molecule has 0 spiro atoms. The van der Waals surface area contributed by atoms with E-state index >= 15 is 0 Å². The molecule has 0 fully saturated rings. The number of amides is 1. The number of nitrogens with one attached hydrogen (secondary N) is 1. The van der Waals surface area contributed by atoms with Crippen LogP contribution in [0, 0.1) is 0 Å². The molecule has 0 atom stereocenters. The third kappa shape index (κ3) is 8.86. The Balaban J connectivity index is 2.00. The SMILES string of the molecule is CCCCCCCCCCCC(=O)Nc1ccncc1Br. The lowest BCUT2D eigenvalue weighted by atomic mass is 10.1. The maximum absolute atomic E-state index is 11.8. The van der Waals surface area contributed by atoms with Crippen LogP contribution in [0.3, 0.4) is 0 Å². The summed E-state index contributed by atoms with van der Waals surface area (Å²) in [5.74, 6) is 0.0878. The molecule has 0 aliphatic rings. The number of pyridine rings is 1. The van der Waals surface area contributed by atoms with Crippen LogP contribution in [0.25, 0.3) is 0 Å². The van der Waals surface area contributed by atoms with E-state index in [0.29, 0.717) is 6.42 Å². The second-order valence-electron chi connectivity index (χ2n) is 5.48. The van der Waals surface area contributed by atoms with Crippen LogP contribution in [-0.2, 0) is 4.79 Å². The number of nitrogens with zero attached hydrogens (tertiary/aromatic N) is 1. The maximum Gasteiger partial charge on any atom is 0.224 e. The van der Waals surface area contributed by atoms with Crippen molar-refractivity contribution in [1.29, 1.82) is 0 Å². The first-order valence-corrected chi connectivity index (χ1v) is 8.92. The molecular weight excluding hydrogens is 328 g/mol. The van der Waals surface area contributed by atoms with E-state index in [2.05, 4.69) is 33.2 Å². The number of carbonyl (C=O) groups excluding carboxylic acids is 1. The first-order chi connectivity index (χ1) is 10.2. The predicted molar refractivity (Wildman–Crippen MR) is 92.4 cm³/mol. The van der Waals surface area contributed by atoms with Crippen LogP contribution in [0.5, 0.6) is 0 Å². The molecule has 21 heavy (non-hydrogen) atoms. The summed E-state index contributed by atoms with van der Waals surface area (Å²) in [4.78, 5) is 15.8. The lowest BCUT2D eigenvalue weighted by molar-refractivity contribution is -0.116. The number of carbonyl (C=O) groups is 1. The molecule has 4 heteroatoms. The highest BCUT2D eigenvalue weighted by molar-refractivity contribution is 9.10. The highest BCUT2D eigenvalue weighted by atomic mass is 79.9. The van der Waals surface area contributed by atoms with E-state index in [1.165, 1.54) is 44.9 Å². The quantitative estimate of drug-likeness (QED) is 0.517. The zero-order valence-electron chi connectivity index (χ0n) is 13.0. The van der Waals surface area contributed by atoms with E-state index in [-0.39, 0.29) is 5.91 Å². The van der Waals surface area contributed by atoms with E-state index in [9.17, 15) is 4.79 Å². The molecule has 1 aromatic heterocycles. The Bertz CT molecular complexity index is 410. The monoisotopic (exact) mass is 354 g/mol. The summed E-state index contributed by atoms with van der Waals surface area (Å²) >= 11 is 3.38. The van der Waals surface area contributed by atoms with Crippen molar-refractivity contribution in [2.75, 3.05) is 5.32 Å². The minimum atomic E-state index is 0.0878. The number of hydrogen-bond acceptors (Lipinski definition) is 2. The molecule has 3 nitrogen and oxygen atoms in total. The van der Waals surface area contributed by atoms with Gasteiger partial charge in [-0.25, -0.2) is 0 Å². The fourth-order valence-electron chi connectivity index (χ4n) is 2.29. The Kier molecular flexibility index (Phi) is 10.1. The van der Waals surface area contributed by atoms with E-state index in [1.54, 1.807) is 18.5 Å². The van der Waals surface area contributed by atoms with E-state index in [1.807, 2.05) is 0 Å². The Hall–Kier alpha value is -0.900. The minimum absolute atomic E-state index is 0.0878. The zero-order chi connectivity index (χ0) is 15.3. The van der Waals surface area contributed by atoms with Crippen LogP contribution in [0.4, 0.5) is 5.69 Å². The third-order valence-electron chi connectivity index (χ3n) is 3.55. The molecule has 1 aromatic rings. The predicted octanol–water partition coefficient (Wildman–Crippen LogP) is 5.70. The Morgan fingerprint density at radius 2 is 1.71 bits per heavy atom. The van der Waals surface area contributed by atoms with Crippen LogP contribution in [0.15, 0.2) is 22.9 Å². The van der Waals surface area contributed by atoms with Gasteiger partial charge in [-0.15, -0.1) is 0 Å². The van der Waals surface area contributed by atoms with Gasteiger partial charge in [0.25, 0.3) is 0 Å². The molecule has 1 rings (SSSR count). The Labute approximate surface area is 137 Å². The first-order valence-electron chi connectivity index (χ1n) is 8.13. The van der Waals surface area contributed by atoms with Gasteiger partial charge in [0.05, 0.1) is 10.2 Å². The smallest absolute Gasteiger partial charge is 0.224 e. The summed E-state index contributed by atoms with van der Waals surface area (Å²) in [6.45, 7) is 2.25. The molecular formula is C17H27BrN2O. The van der Waals surface area contributed by atoms with Crippen LogP contribution in [-0.4, -0.2) is 10.9 Å². The number of aromatic nitrogens is 1. The number of halogens is 1. The highest BCUT2D eigenvalue weighted by Gasteiger charge is 2.04. The second-order valence-corrected chi connectivity index (χ2v) is 6.34. The molecule has 0 aliphatic heterocycles. The van der Waals surface area contributed by atoms with E-state index in [0.717, 1.165) is 23.0 Å². The summed E-state index contributed by atoms with van der Waals surface area (Å²) in [5, 5.41) is 2.91. The van der Waals surface area contributed by atoms with Gasteiger partial charge >= 0.3 is 0 Å². The lowest BCUT2D eigenvalue weighted by Gasteiger charge is -2.06. The van der Waals surface area contributed by atoms with Gasteiger partial charge in [0, 0.05) is 18.8 Å². The van der Waals surface area contributed by atoms with Crippen molar-refractivity contribution in [3.8, 4) is 0 Å². The standard InChI is InChI=1S/C17H27BrN2O/c1-2-3-4-5-6-7-8-9-10-11-17(21)20-16-12-13-19-14-15(16)18/h12-14H,2-11H2,1H3,(H,19,20,21). The number of rotatable bonds is 11. The molecule has 0 radical (unpaired) electrons. The molecule has 0 aliphatic carbocycles. The molecule has 0 unspecified atom stereocenters. The van der Waals surface area contributed by atoms with Gasteiger partial charge in [-0.05, 0) is 28.4 Å². The summed E-state index contributed by atoms with van der Waals surface area (Å²) in [5.41, 5.74) is 0.797. The van der Waals surface area contributed by atoms with Gasteiger partial charge in [0.1, 0.15) is 0 Å². The molecule has 0 bridgehead atoms. The van der Waals surface area contributed by atoms with Gasteiger partial charge in [-0.1, -0.05) is 58.3 Å². The van der Waals surface area contributed by atoms with Crippen LogP contribution >= 0.6 is 15.9 Å². The Morgan fingerprint density at radius 3 is 2.33 bits per heavy atom. The van der Waals surface area contributed by atoms with Gasteiger partial charge < -0.3 is 5.32 Å². The van der Waals surface area contributed by atoms with E-state index in [4.69, 9.17) is 0 Å². The summed E-state index contributed by atoms with van der Waals surface area (Å²) < 4.78 is 0.824. The van der Waals surface area contributed by atoms with Crippen molar-refractivity contribution < 1.29 is 4.79 Å². The van der Waals surface area contributed by atoms with Crippen molar-refractivity contribution in [1.82, 2.24) is 4.98 Å². The summed E-state index contributed by atoms with van der Waals surface area (Å²) in [7, 11) is 0. The molecule has 0 aromatic carbocycles. The van der Waals surface area contributed by atoms with E-state index < -0.39 is 0 Å². The summed E-state index contributed by atoms with van der Waals surface area (Å²) in [6, 6.07) is 1.80. The van der Waals surface area contributed by atoms with Gasteiger partial charge in [0.2, 0.25) is 5.91 Å². The topological polar surface area (TPSA) is 42.0 Å². The molecule has 1 amide bonds. The largest absolute Gasteiger partial charge is 0.325 e. The molecule has 1 N–H and O–H groups in total. The Morgan fingerprint density at radius 1 is 1.10 bits per heavy atom. The third-order valence-corrected chi connectivity index (χ3v) is 4.19. The molecule has 0 saturated heterocycles. The fraction of sp³-hybridized carbons (Fsp3) is 0.647. The normalized spacial score (nSPS) is 10.6. The average molecular weight is 355 g/mol. The van der Waals surface area contributed by atoms with Crippen LogP contribution in [0.2, 0.25) is 0 Å². The molecule has 118 valence electrons. The van der Waals surface area contributed by atoms with Gasteiger partial charge in [-0.3, -0.25) is 9.78 Å². The molecule has 0 saturated carbocycles. The first kappa shape index (κ1) is 18.1. The zero-order valence-corrected chi connectivity index (χ0v) is 14.6. The maximum atomic E-state index is 11.8.